The molecule has 288 valence electrons. The highest BCUT2D eigenvalue weighted by Crippen LogP contribution is 2.44. The molecule has 12 rings (SSSR count). The average Bonchev–Trinajstić information content (AvgIpc) is 3.64. The molecule has 0 N–H and O–H groups in total. The van der Waals surface area contributed by atoms with Crippen LogP contribution in [0.3, 0.4) is 0 Å². The third kappa shape index (κ3) is 5.67. The Hall–Kier alpha value is -7.55. The van der Waals surface area contributed by atoms with Gasteiger partial charge in [0, 0.05) is 28.0 Å². The summed E-state index contributed by atoms with van der Waals surface area (Å²) in [5.41, 5.74) is 12.1. The molecule has 12 aromatic rings. The second kappa shape index (κ2) is 13.5. The molecule has 0 fully saturated rings. The van der Waals surface area contributed by atoms with Gasteiger partial charge in [0.1, 0.15) is 5.65 Å². The van der Waals surface area contributed by atoms with E-state index in [0.717, 1.165) is 16.7 Å². The fourth-order valence-corrected chi connectivity index (χ4v) is 9.85. The van der Waals surface area contributed by atoms with Crippen LogP contribution in [0.25, 0.3) is 115 Å². The van der Waals surface area contributed by atoms with Crippen LogP contribution in [0.15, 0.2) is 200 Å². The van der Waals surface area contributed by atoms with E-state index >= 15 is 0 Å². The molecule has 0 aliphatic heterocycles. The number of aromatic nitrogens is 2. The molecule has 0 saturated carbocycles. The molecule has 0 atom stereocenters. The van der Waals surface area contributed by atoms with E-state index in [1.807, 2.05) is 6.20 Å². The summed E-state index contributed by atoms with van der Waals surface area (Å²) in [5.74, 6) is 0. The van der Waals surface area contributed by atoms with Crippen molar-refractivity contribution < 1.29 is 0 Å². The molecule has 0 aliphatic carbocycles. The van der Waals surface area contributed by atoms with Crippen molar-refractivity contribution in [1.82, 2.24) is 9.55 Å². The molecule has 61 heavy (non-hydrogen) atoms. The van der Waals surface area contributed by atoms with Crippen molar-refractivity contribution in [2.75, 3.05) is 0 Å². The zero-order valence-electron chi connectivity index (χ0n) is 34.4. The molecule has 2 aromatic heterocycles. The van der Waals surface area contributed by atoms with Gasteiger partial charge in [0.05, 0.1) is 5.52 Å². The van der Waals surface area contributed by atoms with Crippen LogP contribution in [0.2, 0.25) is 0 Å². The Morgan fingerprint density at radius 1 is 0.361 bits per heavy atom. The van der Waals surface area contributed by atoms with Gasteiger partial charge < -0.3 is 0 Å². The fourth-order valence-electron chi connectivity index (χ4n) is 9.85. The van der Waals surface area contributed by atoms with Crippen LogP contribution < -0.4 is 0 Å². The fraction of sp³-hybridized carbons (Fsp3) is 0.0678. The summed E-state index contributed by atoms with van der Waals surface area (Å²) in [6.45, 7) is 6.84. The van der Waals surface area contributed by atoms with Crippen molar-refractivity contribution in [2.45, 2.75) is 26.2 Å². The van der Waals surface area contributed by atoms with E-state index in [1.165, 1.54) is 104 Å². The molecule has 0 amide bonds. The van der Waals surface area contributed by atoms with Crippen molar-refractivity contribution in [3.63, 3.8) is 0 Å². The highest BCUT2D eigenvalue weighted by atomic mass is 15.0. The predicted octanol–water partition coefficient (Wildman–Crippen LogP) is 16.2. The van der Waals surface area contributed by atoms with Crippen molar-refractivity contribution in [1.29, 1.82) is 0 Å². The maximum absolute atomic E-state index is 5.05. The first kappa shape index (κ1) is 35.4. The van der Waals surface area contributed by atoms with Crippen LogP contribution in [0.4, 0.5) is 0 Å². The first-order valence-electron chi connectivity index (χ1n) is 21.3. The van der Waals surface area contributed by atoms with E-state index in [4.69, 9.17) is 4.98 Å². The topological polar surface area (TPSA) is 17.8 Å². The zero-order chi connectivity index (χ0) is 40.8. The van der Waals surface area contributed by atoms with Gasteiger partial charge in [-0.1, -0.05) is 172 Å². The maximum atomic E-state index is 5.05. The van der Waals surface area contributed by atoms with E-state index in [-0.39, 0.29) is 5.41 Å². The van der Waals surface area contributed by atoms with Gasteiger partial charge in [0.25, 0.3) is 0 Å². The molecular formula is C59H42N2. The summed E-state index contributed by atoms with van der Waals surface area (Å²) in [6.07, 6.45) is 1.91. The number of hydrogen-bond acceptors (Lipinski definition) is 1. The molecular weight excluding hydrogens is 737 g/mol. The Labute approximate surface area is 355 Å². The van der Waals surface area contributed by atoms with Crippen LogP contribution in [-0.4, -0.2) is 9.55 Å². The molecule has 2 nitrogen and oxygen atoms in total. The lowest BCUT2D eigenvalue weighted by atomic mass is 9.85. The molecule has 10 aromatic carbocycles. The number of hydrogen-bond donors (Lipinski definition) is 0. The Bertz CT molecular complexity index is 3730. The molecule has 0 spiro atoms. The van der Waals surface area contributed by atoms with Gasteiger partial charge in [0.2, 0.25) is 0 Å². The van der Waals surface area contributed by atoms with Gasteiger partial charge in [-0.15, -0.1) is 0 Å². The molecule has 0 saturated heterocycles. The number of nitrogens with zero attached hydrogens (tertiary/aromatic N) is 2. The van der Waals surface area contributed by atoms with Gasteiger partial charge in [-0.3, -0.25) is 4.57 Å². The Kier molecular flexibility index (Phi) is 7.83. The summed E-state index contributed by atoms with van der Waals surface area (Å²) in [6, 6.07) is 71.9. The van der Waals surface area contributed by atoms with Crippen LogP contribution >= 0.6 is 0 Å². The normalized spacial score (nSPS) is 12.2. The van der Waals surface area contributed by atoms with Crippen molar-refractivity contribution in [3.05, 3.63) is 206 Å². The van der Waals surface area contributed by atoms with Crippen LogP contribution in [0, 0.1) is 0 Å². The van der Waals surface area contributed by atoms with Crippen molar-refractivity contribution in [2.24, 2.45) is 0 Å². The minimum atomic E-state index is 0.112. The van der Waals surface area contributed by atoms with Gasteiger partial charge in [-0.25, -0.2) is 4.98 Å². The lowest BCUT2D eigenvalue weighted by Gasteiger charge is -2.20. The average molecular weight is 779 g/mol. The second-order valence-corrected chi connectivity index (χ2v) is 17.6. The number of benzene rings is 10. The zero-order valence-corrected chi connectivity index (χ0v) is 34.4. The summed E-state index contributed by atoms with van der Waals surface area (Å²) in [5, 5.41) is 14.8. The second-order valence-electron chi connectivity index (χ2n) is 17.6. The van der Waals surface area contributed by atoms with Gasteiger partial charge in [0.15, 0.2) is 0 Å². The number of fused-ring (bicyclic) bond motifs is 10. The van der Waals surface area contributed by atoms with E-state index < -0.39 is 0 Å². The monoisotopic (exact) mass is 778 g/mol. The predicted molar refractivity (Wildman–Crippen MR) is 261 cm³/mol. The van der Waals surface area contributed by atoms with E-state index in [2.05, 4.69) is 219 Å². The van der Waals surface area contributed by atoms with Crippen LogP contribution in [-0.2, 0) is 5.41 Å². The lowest BCUT2D eigenvalue weighted by molar-refractivity contribution is 0.591. The van der Waals surface area contributed by atoms with Crippen LogP contribution in [0.1, 0.15) is 26.3 Å². The molecule has 2 heterocycles. The minimum absolute atomic E-state index is 0.112. The SMILES string of the molecule is CC(C)(C)c1ccc2c(ccc3cc(-c4ccc(-c5cc6c7cccnc7n(-c7ccc8cc(-c9ccccc9)ccc8c7)c6c6ccccc56)c5ccccc45)ccc32)c1. The molecule has 2 heteroatoms. The molecule has 0 unspecified atom stereocenters. The molecule has 0 bridgehead atoms. The Balaban J connectivity index is 1.02. The lowest BCUT2D eigenvalue weighted by Crippen LogP contribution is -2.10. The summed E-state index contributed by atoms with van der Waals surface area (Å²) in [4.78, 5) is 5.05. The van der Waals surface area contributed by atoms with E-state index in [1.54, 1.807) is 0 Å². The highest BCUT2D eigenvalue weighted by Gasteiger charge is 2.21. The molecule has 0 radical (unpaired) electrons. The molecule has 0 aliphatic rings. The van der Waals surface area contributed by atoms with Crippen molar-refractivity contribution >= 4 is 75.8 Å². The van der Waals surface area contributed by atoms with E-state index in [9.17, 15) is 0 Å². The first-order valence-corrected chi connectivity index (χ1v) is 21.3. The van der Waals surface area contributed by atoms with Crippen molar-refractivity contribution in [3.8, 4) is 39.1 Å². The minimum Gasteiger partial charge on any atom is -0.293 e. The third-order valence-corrected chi connectivity index (χ3v) is 12.9. The standard InChI is InChI=1S/C59H42N2/c1-59(2,3)44-25-28-47-43(34-44)22-21-41-33-42(24-27-46(41)47)48-29-30-52(50-15-8-7-14-49(48)50)55-36-56-54-18-11-31-60-58(54)61(57(56)53-17-10-9-16-51(53)55)45-26-23-39-32-38(19-20-40(39)35-45)37-12-5-4-6-13-37/h4-36H,1-3H3. The maximum Gasteiger partial charge on any atom is 0.145 e. The van der Waals surface area contributed by atoms with E-state index in [0.29, 0.717) is 0 Å². The first-order chi connectivity index (χ1) is 29.9. The summed E-state index contributed by atoms with van der Waals surface area (Å²) in [7, 11) is 0. The summed E-state index contributed by atoms with van der Waals surface area (Å²) >= 11 is 0. The largest absolute Gasteiger partial charge is 0.293 e. The van der Waals surface area contributed by atoms with Gasteiger partial charge in [-0.2, -0.15) is 0 Å². The smallest absolute Gasteiger partial charge is 0.145 e. The van der Waals surface area contributed by atoms with Crippen LogP contribution in [0.5, 0.6) is 0 Å². The number of rotatable bonds is 4. The Morgan fingerprint density at radius 3 is 1.74 bits per heavy atom. The van der Waals surface area contributed by atoms with Gasteiger partial charge >= 0.3 is 0 Å². The summed E-state index contributed by atoms with van der Waals surface area (Å²) < 4.78 is 2.37. The Morgan fingerprint density at radius 2 is 0.951 bits per heavy atom. The quantitative estimate of drug-likeness (QED) is 0.163. The van der Waals surface area contributed by atoms with Gasteiger partial charge in [-0.05, 0) is 135 Å². The third-order valence-electron chi connectivity index (χ3n) is 12.9. The highest BCUT2D eigenvalue weighted by molar-refractivity contribution is 6.23. The number of pyridine rings is 1.